The average Bonchev–Trinajstić information content (AvgIpc) is 2.13. The number of hydrogen-bond donors (Lipinski definition) is 4. The zero-order chi connectivity index (χ0) is 13.2. The van der Waals surface area contributed by atoms with Crippen molar-refractivity contribution < 1.29 is 31.5 Å². The van der Waals surface area contributed by atoms with E-state index in [1.165, 1.54) is 0 Å². The molecule has 1 unspecified atom stereocenters. The highest BCUT2D eigenvalue weighted by Gasteiger charge is 2.28. The topological polar surface area (TPSA) is 113 Å². The van der Waals surface area contributed by atoms with Crippen LogP contribution in [0.4, 0.5) is 0 Å². The zero-order valence-electron chi connectivity index (χ0n) is 9.16. The van der Waals surface area contributed by atoms with Gasteiger partial charge in [0.1, 0.15) is 0 Å². The summed E-state index contributed by atoms with van der Waals surface area (Å²) in [4.78, 5) is 0. The van der Waals surface area contributed by atoms with E-state index >= 15 is 0 Å². The van der Waals surface area contributed by atoms with E-state index in [1.54, 1.807) is 7.11 Å². The van der Waals surface area contributed by atoms with Gasteiger partial charge in [-0.25, -0.2) is 0 Å². The molecule has 0 aliphatic heterocycles. The minimum absolute atomic E-state index is 0.196. The number of aliphatic hydroxyl groups excluding tert-OH is 1. The maximum Gasteiger partial charge on any atom is 0.394 e. The Hall–Kier alpha value is 0.317. The highest BCUT2D eigenvalue weighted by molar-refractivity contribution is 7.80. The number of aliphatic hydroxyl groups is 1. The van der Waals surface area contributed by atoms with Gasteiger partial charge in [0.2, 0.25) is 0 Å². The first-order valence-corrected chi connectivity index (χ1v) is 8.84. The lowest BCUT2D eigenvalue weighted by Crippen LogP contribution is -2.37. The van der Waals surface area contributed by atoms with E-state index < -0.39 is 19.0 Å². The van der Waals surface area contributed by atoms with Crippen molar-refractivity contribution in [2.24, 2.45) is 0 Å². The van der Waals surface area contributed by atoms with Gasteiger partial charge in [-0.05, 0) is 19.0 Å². The van der Waals surface area contributed by atoms with Gasteiger partial charge in [-0.2, -0.15) is 21.0 Å². The molecule has 0 rings (SSSR count). The van der Waals surface area contributed by atoms with Gasteiger partial charge in [0.25, 0.3) is 0 Å². The van der Waals surface area contributed by atoms with Crippen molar-refractivity contribution in [3.05, 3.63) is 0 Å². The quantitative estimate of drug-likeness (QED) is 0.242. The lowest BCUT2D eigenvalue weighted by atomic mass is 10.5. The van der Waals surface area contributed by atoms with Crippen LogP contribution in [0.1, 0.15) is 6.42 Å². The molecule has 7 nitrogen and oxygen atoms in total. The Balaban J connectivity index is 0. The van der Waals surface area contributed by atoms with Gasteiger partial charge in [0.15, 0.2) is 0 Å². The lowest BCUT2D eigenvalue weighted by molar-refractivity contribution is 0.230. The molecule has 0 aromatic heterocycles. The van der Waals surface area contributed by atoms with Crippen LogP contribution in [-0.2, 0) is 19.3 Å². The summed E-state index contributed by atoms with van der Waals surface area (Å²) >= 11 is 3.96. The second-order valence-electron chi connectivity index (χ2n) is 2.89. The van der Waals surface area contributed by atoms with Crippen LogP contribution in [0.2, 0.25) is 12.6 Å². The van der Waals surface area contributed by atoms with Gasteiger partial charge in [-0.1, -0.05) is 0 Å². The molecule has 0 amide bonds. The number of thiol groups is 1. The van der Waals surface area contributed by atoms with Gasteiger partial charge >= 0.3 is 19.0 Å². The molecule has 10 heteroatoms. The molecule has 0 heterocycles. The molecular formula is C6H18O7S2Si. The van der Waals surface area contributed by atoms with Crippen LogP contribution in [0.3, 0.4) is 0 Å². The fourth-order valence-electron chi connectivity index (χ4n) is 0.770. The number of hydrogen-bond acceptors (Lipinski definition) is 6. The molecule has 0 aliphatic carbocycles. The van der Waals surface area contributed by atoms with Gasteiger partial charge in [0, 0.05) is 13.7 Å². The molecule has 100 valence electrons. The second kappa shape index (κ2) is 9.36. The van der Waals surface area contributed by atoms with E-state index in [2.05, 4.69) is 12.6 Å². The third-order valence-electron chi connectivity index (χ3n) is 1.59. The van der Waals surface area contributed by atoms with Crippen molar-refractivity contribution in [2.75, 3.05) is 19.7 Å². The molecule has 0 radical (unpaired) electrons. The molecule has 16 heavy (non-hydrogen) atoms. The maximum absolute atomic E-state index is 8.74. The van der Waals surface area contributed by atoms with E-state index in [4.69, 9.17) is 31.5 Å². The molecule has 0 bridgehead atoms. The summed E-state index contributed by atoms with van der Waals surface area (Å²) < 4.78 is 42.2. The fraction of sp³-hybridized carbons (Fsp3) is 1.00. The monoisotopic (exact) mass is 294 g/mol. The summed E-state index contributed by atoms with van der Waals surface area (Å²) in [7, 11) is -5.00. The summed E-state index contributed by atoms with van der Waals surface area (Å²) in [5.74, 6) is 0.391. The minimum atomic E-state index is -4.67. The molecule has 3 N–H and O–H groups in total. The highest BCUT2D eigenvalue weighted by atomic mass is 32.3. The molecule has 0 spiro atoms. The second-order valence-corrected chi connectivity index (χ2v) is 7.50. The molecule has 0 aliphatic rings. The third kappa shape index (κ3) is 16.7. The predicted octanol–water partition coefficient (Wildman–Crippen LogP) is 0.338. The van der Waals surface area contributed by atoms with E-state index in [0.29, 0.717) is 5.94 Å². The van der Waals surface area contributed by atoms with Gasteiger partial charge in [-0.3, -0.25) is 9.11 Å². The van der Waals surface area contributed by atoms with Crippen molar-refractivity contribution >= 4 is 31.6 Å². The van der Waals surface area contributed by atoms with Crippen LogP contribution in [0.5, 0.6) is 0 Å². The number of rotatable bonds is 6. The minimum Gasteiger partial charge on any atom is -0.398 e. The standard InChI is InChI=1S/C6H16O3SSi.H2O4S/c1-8-11(2,9-6-10)5-3-4-7;1-5(2,3)4/h7,10H,3-6H2,1-2H3;(H2,1,2,3,4). The van der Waals surface area contributed by atoms with Crippen molar-refractivity contribution in [3.8, 4) is 0 Å². The Labute approximate surface area is 102 Å². The summed E-state index contributed by atoms with van der Waals surface area (Å²) in [6.07, 6.45) is 0.740. The predicted molar refractivity (Wildman–Crippen MR) is 64.3 cm³/mol. The Morgan fingerprint density at radius 1 is 1.38 bits per heavy atom. The Kier molecular flexibility index (Phi) is 10.9. The van der Waals surface area contributed by atoms with Crippen LogP contribution in [-0.4, -0.2) is 50.8 Å². The smallest absolute Gasteiger partial charge is 0.394 e. The first-order valence-electron chi connectivity index (χ1n) is 4.29. The molecule has 0 aromatic carbocycles. The first kappa shape index (κ1) is 18.7. The van der Waals surface area contributed by atoms with Gasteiger partial charge in [0.05, 0.1) is 5.94 Å². The van der Waals surface area contributed by atoms with Crippen molar-refractivity contribution in [3.63, 3.8) is 0 Å². The van der Waals surface area contributed by atoms with E-state index in [0.717, 1.165) is 12.5 Å². The third-order valence-corrected chi connectivity index (χ3v) is 4.84. The Morgan fingerprint density at radius 3 is 2.06 bits per heavy atom. The Bertz CT molecular complexity index is 250. The molecular weight excluding hydrogens is 276 g/mol. The summed E-state index contributed by atoms with van der Waals surface area (Å²) in [6, 6.07) is 0.820. The van der Waals surface area contributed by atoms with E-state index in [-0.39, 0.29) is 6.61 Å². The van der Waals surface area contributed by atoms with Crippen LogP contribution >= 0.6 is 12.6 Å². The van der Waals surface area contributed by atoms with E-state index in [9.17, 15) is 0 Å². The van der Waals surface area contributed by atoms with Gasteiger partial charge < -0.3 is 14.0 Å². The molecule has 0 fully saturated rings. The molecule has 1 atom stereocenters. The van der Waals surface area contributed by atoms with Crippen LogP contribution in [0.15, 0.2) is 0 Å². The lowest BCUT2D eigenvalue weighted by Gasteiger charge is -2.23. The Morgan fingerprint density at radius 2 is 1.81 bits per heavy atom. The van der Waals surface area contributed by atoms with Crippen LogP contribution in [0.25, 0.3) is 0 Å². The van der Waals surface area contributed by atoms with E-state index in [1.807, 2.05) is 6.55 Å². The SMILES string of the molecule is CO[Si](C)(CCCO)OCS.O=S(=O)(O)O. The van der Waals surface area contributed by atoms with Crippen molar-refractivity contribution in [1.82, 2.24) is 0 Å². The van der Waals surface area contributed by atoms with Gasteiger partial charge in [-0.15, -0.1) is 0 Å². The van der Waals surface area contributed by atoms with Crippen LogP contribution < -0.4 is 0 Å². The van der Waals surface area contributed by atoms with Crippen molar-refractivity contribution in [1.29, 1.82) is 0 Å². The average molecular weight is 294 g/mol. The normalized spacial score (nSPS) is 14.9. The fourth-order valence-corrected chi connectivity index (χ4v) is 3.13. The summed E-state index contributed by atoms with van der Waals surface area (Å²) in [6.45, 7) is 2.17. The van der Waals surface area contributed by atoms with Crippen LogP contribution in [0, 0.1) is 0 Å². The largest absolute Gasteiger partial charge is 0.398 e. The first-order chi connectivity index (χ1) is 7.18. The summed E-state index contributed by atoms with van der Waals surface area (Å²) in [5.41, 5.74) is 0. The van der Waals surface area contributed by atoms with Crippen molar-refractivity contribution in [2.45, 2.75) is 19.0 Å². The highest BCUT2D eigenvalue weighted by Crippen LogP contribution is 2.14. The molecule has 0 saturated heterocycles. The zero-order valence-corrected chi connectivity index (χ0v) is 11.9. The molecule has 0 saturated carbocycles. The maximum atomic E-state index is 8.74. The molecule has 0 aromatic rings. The summed E-state index contributed by atoms with van der Waals surface area (Å²) in [5, 5.41) is 8.59.